The SMILES string of the molecule is CC(O)C(C)n1nc(-c2ccc(F)cn2)cc1CO. The fourth-order valence-electron chi connectivity index (χ4n) is 1.76. The molecule has 0 fully saturated rings. The van der Waals surface area contributed by atoms with E-state index < -0.39 is 11.9 Å². The summed E-state index contributed by atoms with van der Waals surface area (Å²) in [7, 11) is 0. The normalized spacial score (nSPS) is 14.4. The molecule has 2 N–H and O–H groups in total. The summed E-state index contributed by atoms with van der Waals surface area (Å²) in [5.74, 6) is -0.414. The van der Waals surface area contributed by atoms with E-state index in [1.54, 1.807) is 24.6 Å². The van der Waals surface area contributed by atoms with E-state index >= 15 is 0 Å². The molecular formula is C13H16FN3O2. The lowest BCUT2D eigenvalue weighted by atomic mass is 10.2. The van der Waals surface area contributed by atoms with Crippen molar-refractivity contribution in [2.24, 2.45) is 0 Å². The monoisotopic (exact) mass is 265 g/mol. The van der Waals surface area contributed by atoms with Gasteiger partial charge in [0.15, 0.2) is 0 Å². The predicted octanol–water partition coefficient (Wildman–Crippen LogP) is 1.52. The molecule has 2 unspecified atom stereocenters. The summed E-state index contributed by atoms with van der Waals surface area (Å²) >= 11 is 0. The van der Waals surface area contributed by atoms with E-state index in [0.717, 1.165) is 6.20 Å². The third-order valence-corrected chi connectivity index (χ3v) is 3.05. The van der Waals surface area contributed by atoms with Gasteiger partial charge in [-0.15, -0.1) is 0 Å². The third-order valence-electron chi connectivity index (χ3n) is 3.05. The summed E-state index contributed by atoms with van der Waals surface area (Å²) in [6.45, 7) is 3.27. The molecule has 5 nitrogen and oxygen atoms in total. The minimum Gasteiger partial charge on any atom is -0.391 e. The van der Waals surface area contributed by atoms with Gasteiger partial charge in [0.1, 0.15) is 11.5 Å². The molecule has 6 heteroatoms. The first-order valence-electron chi connectivity index (χ1n) is 6.02. The Balaban J connectivity index is 2.41. The van der Waals surface area contributed by atoms with Crippen LogP contribution in [0.3, 0.4) is 0 Å². The molecule has 0 aliphatic carbocycles. The zero-order chi connectivity index (χ0) is 14.0. The predicted molar refractivity (Wildman–Crippen MR) is 67.7 cm³/mol. The van der Waals surface area contributed by atoms with Gasteiger partial charge in [-0.05, 0) is 32.0 Å². The highest BCUT2D eigenvalue weighted by Gasteiger charge is 2.18. The van der Waals surface area contributed by atoms with Crippen molar-refractivity contribution in [2.75, 3.05) is 0 Å². The van der Waals surface area contributed by atoms with Crippen LogP contribution >= 0.6 is 0 Å². The number of hydrogen-bond acceptors (Lipinski definition) is 4. The number of hydrogen-bond donors (Lipinski definition) is 2. The second-order valence-electron chi connectivity index (χ2n) is 4.47. The van der Waals surface area contributed by atoms with Gasteiger partial charge in [0.25, 0.3) is 0 Å². The standard InChI is InChI=1S/C13H16FN3O2/c1-8(9(2)19)17-11(7-18)5-13(16-17)12-4-3-10(14)6-15-12/h3-6,8-9,18-19H,7H2,1-2H3. The molecular weight excluding hydrogens is 249 g/mol. The Morgan fingerprint density at radius 2 is 2.05 bits per heavy atom. The van der Waals surface area contributed by atoms with Crippen molar-refractivity contribution in [3.8, 4) is 11.4 Å². The lowest BCUT2D eigenvalue weighted by Crippen LogP contribution is -2.21. The van der Waals surface area contributed by atoms with Gasteiger partial charge in [-0.25, -0.2) is 4.39 Å². The Morgan fingerprint density at radius 3 is 2.58 bits per heavy atom. The Kier molecular flexibility index (Phi) is 3.92. The molecule has 2 heterocycles. The van der Waals surface area contributed by atoms with E-state index in [9.17, 15) is 14.6 Å². The van der Waals surface area contributed by atoms with Crippen molar-refractivity contribution in [2.45, 2.75) is 32.6 Å². The largest absolute Gasteiger partial charge is 0.391 e. The fourth-order valence-corrected chi connectivity index (χ4v) is 1.76. The van der Waals surface area contributed by atoms with Gasteiger partial charge in [-0.3, -0.25) is 9.67 Å². The number of aliphatic hydroxyl groups is 2. The molecule has 0 aliphatic rings. The van der Waals surface area contributed by atoms with E-state index in [1.807, 2.05) is 0 Å². The van der Waals surface area contributed by atoms with Crippen LogP contribution in [0.5, 0.6) is 0 Å². The maximum Gasteiger partial charge on any atom is 0.141 e. The first-order chi connectivity index (χ1) is 9.02. The summed E-state index contributed by atoms with van der Waals surface area (Å²) in [4.78, 5) is 3.95. The number of aromatic nitrogens is 3. The quantitative estimate of drug-likeness (QED) is 0.879. The average Bonchev–Trinajstić information content (AvgIpc) is 2.82. The number of nitrogens with zero attached hydrogens (tertiary/aromatic N) is 3. The zero-order valence-corrected chi connectivity index (χ0v) is 10.8. The van der Waals surface area contributed by atoms with Crippen molar-refractivity contribution in [3.63, 3.8) is 0 Å². The van der Waals surface area contributed by atoms with Crippen LogP contribution in [0, 0.1) is 5.82 Å². The molecule has 2 rings (SSSR count). The van der Waals surface area contributed by atoms with E-state index in [0.29, 0.717) is 17.1 Å². The lowest BCUT2D eigenvalue weighted by molar-refractivity contribution is 0.127. The molecule has 0 bridgehead atoms. The highest BCUT2D eigenvalue weighted by molar-refractivity contribution is 5.54. The second-order valence-corrected chi connectivity index (χ2v) is 4.47. The van der Waals surface area contributed by atoms with E-state index in [2.05, 4.69) is 10.1 Å². The first kappa shape index (κ1) is 13.6. The van der Waals surface area contributed by atoms with Gasteiger partial charge >= 0.3 is 0 Å². The van der Waals surface area contributed by atoms with Crippen molar-refractivity contribution < 1.29 is 14.6 Å². The molecule has 0 radical (unpaired) electrons. The summed E-state index contributed by atoms with van der Waals surface area (Å²) in [5.41, 5.74) is 1.64. The van der Waals surface area contributed by atoms with Gasteiger partial charge in [0.2, 0.25) is 0 Å². The molecule has 2 aromatic heterocycles. The average molecular weight is 265 g/mol. The van der Waals surface area contributed by atoms with Crippen molar-refractivity contribution in [1.82, 2.24) is 14.8 Å². The van der Waals surface area contributed by atoms with Gasteiger partial charge in [0.05, 0.1) is 36.3 Å². The van der Waals surface area contributed by atoms with Gasteiger partial charge in [0, 0.05) is 0 Å². The first-order valence-corrected chi connectivity index (χ1v) is 6.02. The van der Waals surface area contributed by atoms with Crippen LogP contribution in [-0.4, -0.2) is 31.1 Å². The Labute approximate surface area is 110 Å². The van der Waals surface area contributed by atoms with Crippen LogP contribution in [0.15, 0.2) is 24.4 Å². The van der Waals surface area contributed by atoms with Crippen molar-refractivity contribution >= 4 is 0 Å². The Morgan fingerprint density at radius 1 is 1.32 bits per heavy atom. The number of rotatable bonds is 4. The number of aliphatic hydroxyl groups excluding tert-OH is 2. The summed E-state index contributed by atoms with van der Waals surface area (Å²) in [5, 5.41) is 23.2. The molecule has 0 aliphatic heterocycles. The lowest BCUT2D eigenvalue weighted by Gasteiger charge is -2.17. The van der Waals surface area contributed by atoms with E-state index in [4.69, 9.17) is 0 Å². The topological polar surface area (TPSA) is 71.2 Å². The summed E-state index contributed by atoms with van der Waals surface area (Å²) < 4.78 is 14.4. The second kappa shape index (κ2) is 5.46. The zero-order valence-electron chi connectivity index (χ0n) is 10.8. The maximum atomic E-state index is 12.8. The van der Waals surface area contributed by atoms with E-state index in [-0.39, 0.29) is 12.6 Å². The van der Waals surface area contributed by atoms with Crippen LogP contribution in [0.4, 0.5) is 4.39 Å². The van der Waals surface area contributed by atoms with Crippen LogP contribution in [0.1, 0.15) is 25.6 Å². The van der Waals surface area contributed by atoms with Crippen LogP contribution in [0.25, 0.3) is 11.4 Å². The molecule has 0 saturated heterocycles. The number of halogens is 1. The van der Waals surface area contributed by atoms with Crippen LogP contribution in [0.2, 0.25) is 0 Å². The van der Waals surface area contributed by atoms with Gasteiger partial charge < -0.3 is 10.2 Å². The summed E-state index contributed by atoms with van der Waals surface area (Å²) in [6, 6.07) is 4.24. The van der Waals surface area contributed by atoms with Crippen molar-refractivity contribution in [3.05, 3.63) is 35.9 Å². The smallest absolute Gasteiger partial charge is 0.141 e. The minimum absolute atomic E-state index is 0.189. The minimum atomic E-state index is -0.598. The molecule has 0 saturated carbocycles. The molecule has 2 aromatic rings. The van der Waals surface area contributed by atoms with Crippen LogP contribution in [-0.2, 0) is 6.61 Å². The van der Waals surface area contributed by atoms with Gasteiger partial charge in [-0.2, -0.15) is 5.10 Å². The molecule has 0 spiro atoms. The molecule has 102 valence electrons. The van der Waals surface area contributed by atoms with Gasteiger partial charge in [-0.1, -0.05) is 0 Å². The molecule has 0 amide bonds. The van der Waals surface area contributed by atoms with E-state index in [1.165, 1.54) is 12.1 Å². The third kappa shape index (κ3) is 2.80. The van der Waals surface area contributed by atoms with Crippen LogP contribution < -0.4 is 0 Å². The molecule has 0 aromatic carbocycles. The highest BCUT2D eigenvalue weighted by Crippen LogP contribution is 2.21. The molecule has 2 atom stereocenters. The molecule has 19 heavy (non-hydrogen) atoms. The Hall–Kier alpha value is -1.79. The Bertz CT molecular complexity index is 552. The summed E-state index contributed by atoms with van der Waals surface area (Å²) in [6.07, 6.45) is 0.518. The number of pyridine rings is 1. The fraction of sp³-hybridized carbons (Fsp3) is 0.385. The maximum absolute atomic E-state index is 12.8. The van der Waals surface area contributed by atoms with Crippen molar-refractivity contribution in [1.29, 1.82) is 0 Å². The highest BCUT2D eigenvalue weighted by atomic mass is 19.1.